The quantitative estimate of drug-likeness (QED) is 0.376. The molecule has 214 valence electrons. The molecule has 7 nitrogen and oxygen atoms in total. The van der Waals surface area contributed by atoms with E-state index in [2.05, 4.69) is 19.9 Å². The molecule has 5 aliphatic rings. The highest BCUT2D eigenvalue weighted by atomic mass is 16.6. The molecular weight excluding hydrogens is 480 g/mol. The molecular formula is C31H50N2O5. The topological polar surface area (TPSA) is 114 Å². The molecule has 1 saturated heterocycles. The Morgan fingerprint density at radius 2 is 1.92 bits per heavy atom. The van der Waals surface area contributed by atoms with Gasteiger partial charge in [-0.3, -0.25) is 9.59 Å². The van der Waals surface area contributed by atoms with E-state index in [-0.39, 0.29) is 41.3 Å². The number of amides is 1. The van der Waals surface area contributed by atoms with Crippen LogP contribution in [0.25, 0.3) is 0 Å². The van der Waals surface area contributed by atoms with E-state index >= 15 is 0 Å². The van der Waals surface area contributed by atoms with Crippen LogP contribution in [-0.2, 0) is 23.8 Å². The maximum Gasteiger partial charge on any atom is 0.302 e. The molecule has 0 spiro atoms. The van der Waals surface area contributed by atoms with Crippen LogP contribution in [0.1, 0.15) is 79.6 Å². The Balaban J connectivity index is 1.46. The summed E-state index contributed by atoms with van der Waals surface area (Å²) in [6.07, 6.45) is 9.19. The molecule has 7 unspecified atom stereocenters. The Hall–Kier alpha value is -1.44. The molecule has 1 amide bonds. The normalized spacial score (nSPS) is 42.4. The molecule has 0 aromatic heterocycles. The summed E-state index contributed by atoms with van der Waals surface area (Å²) >= 11 is 0. The van der Waals surface area contributed by atoms with Gasteiger partial charge in [0.1, 0.15) is 6.10 Å². The van der Waals surface area contributed by atoms with Crippen LogP contribution in [0.5, 0.6) is 0 Å². The van der Waals surface area contributed by atoms with E-state index in [1.807, 2.05) is 13.8 Å². The minimum Gasteiger partial charge on any atom is -0.460 e. The lowest BCUT2D eigenvalue weighted by Crippen LogP contribution is -2.64. The zero-order valence-corrected chi connectivity index (χ0v) is 24.1. The summed E-state index contributed by atoms with van der Waals surface area (Å²) in [5.74, 6) is 2.46. The fourth-order valence-corrected chi connectivity index (χ4v) is 9.56. The molecule has 1 heterocycles. The molecule has 1 aliphatic heterocycles. The van der Waals surface area contributed by atoms with Gasteiger partial charge in [0.2, 0.25) is 5.91 Å². The number of rotatable bonds is 7. The minimum absolute atomic E-state index is 0.0305. The fraction of sp³-hybridized carbons (Fsp3) is 0.871. The Morgan fingerprint density at radius 3 is 2.58 bits per heavy atom. The van der Waals surface area contributed by atoms with Crippen molar-refractivity contribution >= 4 is 11.9 Å². The third-order valence-electron chi connectivity index (χ3n) is 10.6. The van der Waals surface area contributed by atoms with Crippen molar-refractivity contribution in [3.05, 3.63) is 11.6 Å². The highest BCUT2D eigenvalue weighted by Crippen LogP contribution is 2.64. The summed E-state index contributed by atoms with van der Waals surface area (Å²) in [7, 11) is 0. The van der Waals surface area contributed by atoms with Crippen molar-refractivity contribution in [1.29, 1.82) is 0 Å². The maximum atomic E-state index is 12.8. The number of hydrogen-bond acceptors (Lipinski definition) is 6. The summed E-state index contributed by atoms with van der Waals surface area (Å²) in [4.78, 5) is 25.0. The van der Waals surface area contributed by atoms with E-state index in [0.29, 0.717) is 55.3 Å². The SMILES string of the molecule is CC(=O)O[C@@H]1C[C@@]23COCC(C2CCC2C3=CCC3C2CCC(CC(C)C)C3C(N)=O)[C@H]1OCC(C)(C)N. The summed E-state index contributed by atoms with van der Waals surface area (Å²) < 4.78 is 18.8. The number of esters is 1. The van der Waals surface area contributed by atoms with Crippen molar-refractivity contribution in [1.82, 2.24) is 0 Å². The first-order valence-electron chi connectivity index (χ1n) is 15.1. The van der Waals surface area contributed by atoms with Gasteiger partial charge in [-0.15, -0.1) is 0 Å². The van der Waals surface area contributed by atoms with E-state index in [1.165, 1.54) is 18.9 Å². The monoisotopic (exact) mass is 530 g/mol. The van der Waals surface area contributed by atoms with Crippen LogP contribution < -0.4 is 11.5 Å². The minimum atomic E-state index is -0.464. The van der Waals surface area contributed by atoms with Crippen molar-refractivity contribution in [2.75, 3.05) is 19.8 Å². The Bertz CT molecular complexity index is 941. The number of nitrogens with two attached hydrogens (primary N) is 2. The summed E-state index contributed by atoms with van der Waals surface area (Å²) in [5, 5.41) is 0. The van der Waals surface area contributed by atoms with E-state index in [0.717, 1.165) is 38.5 Å². The zero-order chi connectivity index (χ0) is 27.4. The first-order valence-corrected chi connectivity index (χ1v) is 15.1. The summed E-state index contributed by atoms with van der Waals surface area (Å²) in [6.45, 7) is 11.6. The summed E-state index contributed by atoms with van der Waals surface area (Å²) in [5.41, 5.74) is 13.3. The standard InChI is InChI=1S/C31H50N2O5/c1-17(2)12-19-6-7-20-21-8-10-25-23-14-36-16-31(25,24(21)11-9-22(20)27(19)29(32)35)13-26(38-18(3)34)28(23)37-15-30(4,5)33/h11,17,19-23,25-28H,6-10,12-16,33H2,1-5H3,(H2,32,35)/t19?,20?,21?,22?,23?,25?,26-,27?,28-,31+/m1/s1. The number of ether oxygens (including phenoxy) is 3. The van der Waals surface area contributed by atoms with Crippen LogP contribution in [0.3, 0.4) is 0 Å². The molecule has 0 aromatic carbocycles. The number of hydrogen-bond donors (Lipinski definition) is 2. The predicted octanol–water partition coefficient (Wildman–Crippen LogP) is 4.22. The molecule has 5 rings (SSSR count). The molecule has 7 heteroatoms. The van der Waals surface area contributed by atoms with Crippen LogP contribution in [0.15, 0.2) is 11.6 Å². The lowest BCUT2D eigenvalue weighted by molar-refractivity contribution is -0.226. The Labute approximate surface area is 228 Å². The van der Waals surface area contributed by atoms with Crippen molar-refractivity contribution in [3.63, 3.8) is 0 Å². The lowest BCUT2D eigenvalue weighted by atomic mass is 9.45. The first kappa shape index (κ1) is 28.1. The second-order valence-corrected chi connectivity index (χ2v) is 14.4. The van der Waals surface area contributed by atoms with Gasteiger partial charge in [-0.25, -0.2) is 0 Å². The number of carbonyl (C=O) groups excluding carboxylic acids is 2. The maximum absolute atomic E-state index is 12.8. The highest BCUT2D eigenvalue weighted by Gasteiger charge is 2.63. The molecule has 10 atom stereocenters. The van der Waals surface area contributed by atoms with Crippen molar-refractivity contribution in [2.45, 2.75) is 97.3 Å². The van der Waals surface area contributed by atoms with Crippen molar-refractivity contribution in [2.24, 2.45) is 64.2 Å². The van der Waals surface area contributed by atoms with Gasteiger partial charge in [-0.05, 0) is 94.3 Å². The number of allylic oxidation sites excluding steroid dienone is 1. The molecule has 2 bridgehead atoms. The molecule has 4 fully saturated rings. The van der Waals surface area contributed by atoms with Crippen LogP contribution in [0.2, 0.25) is 0 Å². The lowest BCUT2D eigenvalue weighted by Gasteiger charge is -2.63. The van der Waals surface area contributed by atoms with Crippen LogP contribution in [0.4, 0.5) is 0 Å². The van der Waals surface area contributed by atoms with Crippen LogP contribution in [0, 0.1) is 52.8 Å². The van der Waals surface area contributed by atoms with Crippen molar-refractivity contribution < 1.29 is 23.8 Å². The third-order valence-corrected chi connectivity index (χ3v) is 10.6. The molecule has 38 heavy (non-hydrogen) atoms. The first-order chi connectivity index (χ1) is 17.9. The third kappa shape index (κ3) is 5.08. The molecule has 0 radical (unpaired) electrons. The Kier molecular flexibility index (Phi) is 7.77. The largest absolute Gasteiger partial charge is 0.460 e. The van der Waals surface area contributed by atoms with Gasteiger partial charge in [0.15, 0.2) is 0 Å². The van der Waals surface area contributed by atoms with Gasteiger partial charge in [-0.1, -0.05) is 25.5 Å². The average Bonchev–Trinajstić information content (AvgIpc) is 2.81. The second-order valence-electron chi connectivity index (χ2n) is 14.4. The summed E-state index contributed by atoms with van der Waals surface area (Å²) in [6, 6.07) is 0. The van der Waals surface area contributed by atoms with Crippen LogP contribution >= 0.6 is 0 Å². The van der Waals surface area contributed by atoms with Gasteiger partial charge in [-0.2, -0.15) is 0 Å². The van der Waals surface area contributed by atoms with Gasteiger partial charge >= 0.3 is 5.97 Å². The predicted molar refractivity (Wildman–Crippen MR) is 146 cm³/mol. The molecule has 0 aromatic rings. The smallest absolute Gasteiger partial charge is 0.302 e. The van der Waals surface area contributed by atoms with Gasteiger partial charge in [0.05, 0.1) is 25.9 Å². The molecule has 4 N–H and O–H groups in total. The fourth-order valence-electron chi connectivity index (χ4n) is 9.56. The van der Waals surface area contributed by atoms with E-state index in [1.54, 1.807) is 0 Å². The second kappa shape index (κ2) is 10.5. The van der Waals surface area contributed by atoms with Gasteiger partial charge < -0.3 is 25.7 Å². The number of primary amides is 1. The molecule has 3 saturated carbocycles. The van der Waals surface area contributed by atoms with Crippen LogP contribution in [-0.4, -0.2) is 49.4 Å². The van der Waals surface area contributed by atoms with Gasteiger partial charge in [0.25, 0.3) is 0 Å². The van der Waals surface area contributed by atoms with E-state index in [9.17, 15) is 9.59 Å². The Morgan fingerprint density at radius 1 is 1.16 bits per heavy atom. The van der Waals surface area contributed by atoms with E-state index < -0.39 is 5.54 Å². The molecule has 4 aliphatic carbocycles. The van der Waals surface area contributed by atoms with E-state index in [4.69, 9.17) is 25.7 Å². The van der Waals surface area contributed by atoms with Crippen molar-refractivity contribution in [3.8, 4) is 0 Å². The highest BCUT2D eigenvalue weighted by molar-refractivity contribution is 5.77. The average molecular weight is 531 g/mol. The number of carbonyl (C=O) groups is 2. The van der Waals surface area contributed by atoms with Gasteiger partial charge in [0, 0.05) is 29.7 Å². The number of fused-ring (bicyclic) bond motifs is 3. The zero-order valence-electron chi connectivity index (χ0n) is 24.1.